The Morgan fingerprint density at radius 3 is 2.35 bits per heavy atom. The van der Waals surface area contributed by atoms with E-state index in [0.29, 0.717) is 13.1 Å². The number of hydrogen-bond acceptors (Lipinski definition) is 4. The first kappa shape index (κ1) is 16.8. The molecule has 0 aromatic rings. The lowest BCUT2D eigenvalue weighted by Gasteiger charge is -2.22. The van der Waals surface area contributed by atoms with E-state index in [2.05, 4.69) is 10.6 Å². The van der Waals surface area contributed by atoms with Crippen molar-refractivity contribution in [2.75, 3.05) is 26.2 Å². The van der Waals surface area contributed by atoms with E-state index in [4.69, 9.17) is 4.74 Å². The van der Waals surface area contributed by atoms with Crippen molar-refractivity contribution in [2.45, 2.75) is 52.2 Å². The van der Waals surface area contributed by atoms with Gasteiger partial charge in [0.2, 0.25) is 5.91 Å². The maximum atomic E-state index is 12.0. The van der Waals surface area contributed by atoms with Gasteiger partial charge >= 0.3 is 6.09 Å². The fraction of sp³-hybridized carbons (Fsp3) is 0.857. The van der Waals surface area contributed by atoms with Crippen LogP contribution in [0, 0.1) is 0 Å². The number of rotatable bonds is 5. The zero-order valence-corrected chi connectivity index (χ0v) is 13.0. The van der Waals surface area contributed by atoms with E-state index >= 15 is 0 Å². The molecule has 1 heterocycles. The molecule has 1 fully saturated rings. The van der Waals surface area contributed by atoms with Crippen LogP contribution in [0.4, 0.5) is 4.79 Å². The third-order valence-corrected chi connectivity index (χ3v) is 3.03. The number of nitrogens with zero attached hydrogens (tertiary/aromatic N) is 1. The van der Waals surface area contributed by atoms with Crippen molar-refractivity contribution in [1.82, 2.24) is 15.5 Å². The molecule has 1 saturated heterocycles. The summed E-state index contributed by atoms with van der Waals surface area (Å²) in [5.74, 6) is 0.139. The quantitative estimate of drug-likeness (QED) is 0.742. The molecule has 1 unspecified atom stereocenters. The Kier molecular flexibility index (Phi) is 6.26. The molecule has 0 aliphatic carbocycles. The molecule has 6 nitrogen and oxygen atoms in total. The predicted octanol–water partition coefficient (Wildman–Crippen LogP) is 1.11. The normalized spacial score (nSPS) is 16.9. The number of ether oxygens (including phenoxy) is 1. The summed E-state index contributed by atoms with van der Waals surface area (Å²) in [6, 6.07) is -0.214. The van der Waals surface area contributed by atoms with E-state index in [0.717, 1.165) is 25.9 Å². The fourth-order valence-corrected chi connectivity index (χ4v) is 2.07. The molecule has 116 valence electrons. The molecule has 2 N–H and O–H groups in total. The predicted molar refractivity (Wildman–Crippen MR) is 77.5 cm³/mol. The minimum atomic E-state index is -0.490. The molecule has 0 spiro atoms. The number of carbonyl (C=O) groups excluding carboxylic acids is 2. The van der Waals surface area contributed by atoms with Crippen LogP contribution < -0.4 is 10.6 Å². The largest absolute Gasteiger partial charge is 0.444 e. The Morgan fingerprint density at radius 2 is 1.80 bits per heavy atom. The van der Waals surface area contributed by atoms with Crippen LogP contribution in [0.5, 0.6) is 0 Å². The molecule has 1 aliphatic rings. The molecule has 0 bridgehead atoms. The number of hydrogen-bond donors (Lipinski definition) is 2. The van der Waals surface area contributed by atoms with Crippen LogP contribution in [0.2, 0.25) is 0 Å². The second kappa shape index (κ2) is 7.47. The second-order valence-electron chi connectivity index (χ2n) is 6.14. The first-order chi connectivity index (χ1) is 9.29. The Hall–Kier alpha value is -1.30. The second-order valence-corrected chi connectivity index (χ2v) is 6.14. The zero-order chi connectivity index (χ0) is 15.2. The maximum absolute atomic E-state index is 12.0. The van der Waals surface area contributed by atoms with E-state index in [1.807, 2.05) is 32.6 Å². The van der Waals surface area contributed by atoms with E-state index in [-0.39, 0.29) is 11.9 Å². The molecule has 0 aromatic carbocycles. The standard InChI is InChI=1S/C14H27N3O3/c1-11(12(18)17-9-5-6-10-17)15-7-8-16-13(19)20-14(2,3)4/h11,15H,5-10H2,1-4H3,(H,16,19). The van der Waals surface area contributed by atoms with Crippen LogP contribution in [0.3, 0.4) is 0 Å². The lowest BCUT2D eigenvalue weighted by molar-refractivity contribution is -0.131. The topological polar surface area (TPSA) is 70.7 Å². The summed E-state index contributed by atoms with van der Waals surface area (Å²) in [4.78, 5) is 25.3. The third-order valence-electron chi connectivity index (χ3n) is 3.03. The highest BCUT2D eigenvalue weighted by Gasteiger charge is 2.22. The van der Waals surface area contributed by atoms with Gasteiger partial charge in [0.05, 0.1) is 6.04 Å². The van der Waals surface area contributed by atoms with Gasteiger partial charge in [-0.05, 0) is 40.5 Å². The molecular weight excluding hydrogens is 258 g/mol. The number of nitrogens with one attached hydrogen (secondary N) is 2. The van der Waals surface area contributed by atoms with Crippen LogP contribution in [0.25, 0.3) is 0 Å². The smallest absolute Gasteiger partial charge is 0.407 e. The molecule has 0 radical (unpaired) electrons. The molecule has 0 aromatic heterocycles. The Bertz CT molecular complexity index is 333. The number of carbonyl (C=O) groups is 2. The summed E-state index contributed by atoms with van der Waals surface area (Å²) in [6.45, 7) is 10.0. The highest BCUT2D eigenvalue weighted by molar-refractivity contribution is 5.81. The number of likely N-dealkylation sites (tertiary alicyclic amines) is 1. The van der Waals surface area contributed by atoms with E-state index < -0.39 is 11.7 Å². The van der Waals surface area contributed by atoms with Gasteiger partial charge in [0.25, 0.3) is 0 Å². The van der Waals surface area contributed by atoms with Crippen LogP contribution in [-0.2, 0) is 9.53 Å². The SMILES string of the molecule is CC(NCCNC(=O)OC(C)(C)C)C(=O)N1CCCC1. The first-order valence-corrected chi connectivity index (χ1v) is 7.28. The lowest BCUT2D eigenvalue weighted by Crippen LogP contribution is -2.46. The number of alkyl carbamates (subject to hydrolysis) is 1. The fourth-order valence-electron chi connectivity index (χ4n) is 2.07. The Labute approximate surface area is 121 Å². The third kappa shape index (κ3) is 6.23. The van der Waals surface area contributed by atoms with Gasteiger partial charge in [0, 0.05) is 26.2 Å². The molecule has 20 heavy (non-hydrogen) atoms. The first-order valence-electron chi connectivity index (χ1n) is 7.28. The van der Waals surface area contributed by atoms with Crippen molar-refractivity contribution in [2.24, 2.45) is 0 Å². The molecule has 0 saturated carbocycles. The lowest BCUT2D eigenvalue weighted by atomic mass is 10.2. The van der Waals surface area contributed by atoms with Gasteiger partial charge in [0.15, 0.2) is 0 Å². The highest BCUT2D eigenvalue weighted by atomic mass is 16.6. The van der Waals surface area contributed by atoms with Gasteiger partial charge in [-0.15, -0.1) is 0 Å². The summed E-state index contributed by atoms with van der Waals surface area (Å²) in [7, 11) is 0. The van der Waals surface area contributed by atoms with Crippen molar-refractivity contribution < 1.29 is 14.3 Å². The molecular formula is C14H27N3O3. The summed E-state index contributed by atoms with van der Waals surface area (Å²) in [5, 5.41) is 5.77. The maximum Gasteiger partial charge on any atom is 0.407 e. The Balaban J connectivity index is 2.14. The van der Waals surface area contributed by atoms with Crippen LogP contribution in [0.15, 0.2) is 0 Å². The Morgan fingerprint density at radius 1 is 1.20 bits per heavy atom. The summed E-state index contributed by atoms with van der Waals surface area (Å²) in [6.07, 6.45) is 1.76. The monoisotopic (exact) mass is 285 g/mol. The average Bonchev–Trinajstić information content (AvgIpc) is 2.84. The molecule has 1 rings (SSSR count). The molecule has 6 heteroatoms. The van der Waals surface area contributed by atoms with Crippen molar-refractivity contribution in [3.63, 3.8) is 0 Å². The van der Waals surface area contributed by atoms with E-state index in [1.165, 1.54) is 0 Å². The van der Waals surface area contributed by atoms with Gasteiger partial charge in [-0.2, -0.15) is 0 Å². The van der Waals surface area contributed by atoms with Gasteiger partial charge < -0.3 is 20.3 Å². The highest BCUT2D eigenvalue weighted by Crippen LogP contribution is 2.08. The van der Waals surface area contributed by atoms with Gasteiger partial charge in [0.1, 0.15) is 5.60 Å². The molecule has 1 atom stereocenters. The van der Waals surface area contributed by atoms with Crippen molar-refractivity contribution >= 4 is 12.0 Å². The summed E-state index contributed by atoms with van der Waals surface area (Å²) in [5.41, 5.74) is -0.490. The molecule has 1 aliphatic heterocycles. The van der Waals surface area contributed by atoms with Crippen LogP contribution >= 0.6 is 0 Å². The van der Waals surface area contributed by atoms with Gasteiger partial charge in [-0.25, -0.2) is 4.79 Å². The van der Waals surface area contributed by atoms with Crippen molar-refractivity contribution in [3.8, 4) is 0 Å². The minimum absolute atomic E-state index is 0.139. The van der Waals surface area contributed by atoms with Crippen LogP contribution in [0.1, 0.15) is 40.5 Å². The summed E-state index contributed by atoms with van der Waals surface area (Å²) >= 11 is 0. The zero-order valence-electron chi connectivity index (χ0n) is 13.0. The van der Waals surface area contributed by atoms with Crippen molar-refractivity contribution in [1.29, 1.82) is 0 Å². The summed E-state index contributed by atoms with van der Waals surface area (Å²) < 4.78 is 5.12. The van der Waals surface area contributed by atoms with Gasteiger partial charge in [-0.3, -0.25) is 4.79 Å². The van der Waals surface area contributed by atoms with E-state index in [1.54, 1.807) is 0 Å². The average molecular weight is 285 g/mol. The van der Waals surface area contributed by atoms with Crippen molar-refractivity contribution in [3.05, 3.63) is 0 Å². The van der Waals surface area contributed by atoms with E-state index in [9.17, 15) is 9.59 Å². The minimum Gasteiger partial charge on any atom is -0.444 e. The molecule has 2 amide bonds. The van der Waals surface area contributed by atoms with Gasteiger partial charge in [-0.1, -0.05) is 0 Å². The number of amides is 2. The van der Waals surface area contributed by atoms with Crippen LogP contribution in [-0.4, -0.2) is 54.7 Å².